The predicted octanol–water partition coefficient (Wildman–Crippen LogP) is 2.14. The average molecular weight is 305 g/mol. The van der Waals surface area contributed by atoms with Gasteiger partial charge in [0.15, 0.2) is 0 Å². The third-order valence-corrected chi connectivity index (χ3v) is 5.72. The molecule has 0 spiro atoms. The Balaban J connectivity index is 1.82. The van der Waals surface area contributed by atoms with Gasteiger partial charge in [0.05, 0.1) is 17.1 Å². The lowest BCUT2D eigenvalue weighted by Gasteiger charge is -2.17. The van der Waals surface area contributed by atoms with Crippen molar-refractivity contribution in [2.75, 3.05) is 13.1 Å². The zero-order valence-electron chi connectivity index (χ0n) is 12.2. The second-order valence-electron chi connectivity index (χ2n) is 5.62. The maximum absolute atomic E-state index is 12.7. The van der Waals surface area contributed by atoms with Crippen molar-refractivity contribution in [1.29, 1.82) is 0 Å². The Hall–Kier alpha value is -1.66. The summed E-state index contributed by atoms with van der Waals surface area (Å²) in [7, 11) is -3.40. The molecule has 2 heterocycles. The standard InChI is InChI=1S/C15H19N3O2S/c1-12-4-3-5-15(8-12)21(19,20)17-7-6-14(11-17)18-10-13(2)9-16-18/h3-5,8-10,14H,6-7,11H2,1-2H3. The summed E-state index contributed by atoms with van der Waals surface area (Å²) in [6.07, 6.45) is 4.57. The molecule has 6 heteroatoms. The van der Waals surface area contributed by atoms with Gasteiger partial charge in [0.1, 0.15) is 0 Å². The largest absolute Gasteiger partial charge is 0.268 e. The first-order chi connectivity index (χ1) is 9.96. The SMILES string of the molecule is Cc1cccc(S(=O)(=O)N2CCC(n3cc(C)cn3)C2)c1. The van der Waals surface area contributed by atoms with Gasteiger partial charge in [0.2, 0.25) is 10.0 Å². The molecule has 5 nitrogen and oxygen atoms in total. The summed E-state index contributed by atoms with van der Waals surface area (Å²) in [4.78, 5) is 0.375. The Labute approximate surface area is 125 Å². The molecule has 0 N–H and O–H groups in total. The van der Waals surface area contributed by atoms with Gasteiger partial charge in [0, 0.05) is 19.3 Å². The first-order valence-electron chi connectivity index (χ1n) is 7.04. The molecule has 1 atom stereocenters. The number of nitrogens with zero attached hydrogens (tertiary/aromatic N) is 3. The van der Waals surface area contributed by atoms with Crippen molar-refractivity contribution in [2.45, 2.75) is 31.2 Å². The summed E-state index contributed by atoms with van der Waals surface area (Å²) in [5.41, 5.74) is 2.05. The normalized spacial score (nSPS) is 20.0. The van der Waals surface area contributed by atoms with Gasteiger partial charge >= 0.3 is 0 Å². The van der Waals surface area contributed by atoms with Crippen molar-refractivity contribution in [1.82, 2.24) is 14.1 Å². The Morgan fingerprint density at radius 2 is 2.05 bits per heavy atom. The van der Waals surface area contributed by atoms with Gasteiger partial charge in [-0.2, -0.15) is 9.40 Å². The van der Waals surface area contributed by atoms with Crippen LogP contribution in [-0.4, -0.2) is 35.6 Å². The predicted molar refractivity (Wildman–Crippen MR) is 80.6 cm³/mol. The number of hydrogen-bond donors (Lipinski definition) is 0. The fourth-order valence-electron chi connectivity index (χ4n) is 2.70. The van der Waals surface area contributed by atoms with E-state index in [0.717, 1.165) is 17.5 Å². The molecule has 0 saturated carbocycles. The smallest absolute Gasteiger partial charge is 0.243 e. The third-order valence-electron chi connectivity index (χ3n) is 3.86. The molecule has 1 aliphatic heterocycles. The topological polar surface area (TPSA) is 55.2 Å². The second kappa shape index (κ2) is 5.27. The van der Waals surface area contributed by atoms with E-state index in [4.69, 9.17) is 0 Å². The summed E-state index contributed by atoms with van der Waals surface area (Å²) < 4.78 is 28.8. The Morgan fingerprint density at radius 1 is 1.24 bits per heavy atom. The van der Waals surface area contributed by atoms with Crippen molar-refractivity contribution in [3.63, 3.8) is 0 Å². The van der Waals surface area contributed by atoms with Gasteiger partial charge in [-0.25, -0.2) is 8.42 Å². The molecular formula is C15H19N3O2S. The van der Waals surface area contributed by atoms with Crippen molar-refractivity contribution >= 4 is 10.0 Å². The molecule has 1 fully saturated rings. The van der Waals surface area contributed by atoms with Crippen LogP contribution in [0.3, 0.4) is 0 Å². The molecule has 0 amide bonds. The summed E-state index contributed by atoms with van der Waals surface area (Å²) in [6, 6.07) is 7.19. The van der Waals surface area contributed by atoms with Gasteiger partial charge in [0.25, 0.3) is 0 Å². The summed E-state index contributed by atoms with van der Waals surface area (Å²) in [6.45, 7) is 4.91. The van der Waals surface area contributed by atoms with Crippen LogP contribution >= 0.6 is 0 Å². The van der Waals surface area contributed by atoms with E-state index in [1.165, 1.54) is 0 Å². The van der Waals surface area contributed by atoms with E-state index in [9.17, 15) is 8.42 Å². The minimum atomic E-state index is -3.40. The highest BCUT2D eigenvalue weighted by Gasteiger charge is 2.33. The monoisotopic (exact) mass is 305 g/mol. The van der Waals surface area contributed by atoms with Crippen LogP contribution in [0.25, 0.3) is 0 Å². The quantitative estimate of drug-likeness (QED) is 0.873. The van der Waals surface area contributed by atoms with Crippen LogP contribution in [-0.2, 0) is 10.0 Å². The molecule has 0 radical (unpaired) electrons. The minimum Gasteiger partial charge on any atom is -0.268 e. The van der Waals surface area contributed by atoms with Gasteiger partial charge in [-0.3, -0.25) is 4.68 Å². The number of aromatic nitrogens is 2. The van der Waals surface area contributed by atoms with E-state index >= 15 is 0 Å². The van der Waals surface area contributed by atoms with Crippen LogP contribution < -0.4 is 0 Å². The van der Waals surface area contributed by atoms with Crippen molar-refractivity contribution in [3.05, 3.63) is 47.8 Å². The van der Waals surface area contributed by atoms with E-state index in [1.807, 2.05) is 30.8 Å². The van der Waals surface area contributed by atoms with Crippen molar-refractivity contribution in [3.8, 4) is 0 Å². The highest BCUT2D eigenvalue weighted by molar-refractivity contribution is 7.89. The number of sulfonamides is 1. The van der Waals surface area contributed by atoms with E-state index in [2.05, 4.69) is 5.10 Å². The lowest BCUT2D eigenvalue weighted by Crippen LogP contribution is -2.29. The maximum atomic E-state index is 12.7. The Bertz CT molecular complexity index is 752. The molecular weight excluding hydrogens is 286 g/mol. The number of rotatable bonds is 3. The molecule has 21 heavy (non-hydrogen) atoms. The van der Waals surface area contributed by atoms with Crippen LogP contribution in [0.15, 0.2) is 41.6 Å². The Morgan fingerprint density at radius 3 is 2.71 bits per heavy atom. The van der Waals surface area contributed by atoms with Crippen molar-refractivity contribution < 1.29 is 8.42 Å². The van der Waals surface area contributed by atoms with Crippen LogP contribution in [0.2, 0.25) is 0 Å². The lowest BCUT2D eigenvalue weighted by molar-refractivity contribution is 0.434. The first-order valence-corrected chi connectivity index (χ1v) is 8.48. The van der Waals surface area contributed by atoms with Crippen molar-refractivity contribution in [2.24, 2.45) is 0 Å². The first kappa shape index (κ1) is 14.3. The van der Waals surface area contributed by atoms with Crippen LogP contribution in [0.5, 0.6) is 0 Å². The summed E-state index contributed by atoms with van der Waals surface area (Å²) in [5.74, 6) is 0. The molecule has 0 bridgehead atoms. The van der Waals surface area contributed by atoms with Gasteiger partial charge in [-0.05, 0) is 43.5 Å². The molecule has 0 aliphatic carbocycles. The minimum absolute atomic E-state index is 0.123. The average Bonchev–Trinajstić information content (AvgIpc) is 3.07. The molecule has 112 valence electrons. The lowest BCUT2D eigenvalue weighted by atomic mass is 10.2. The van der Waals surface area contributed by atoms with E-state index in [0.29, 0.717) is 18.0 Å². The molecule has 1 aromatic carbocycles. The fraction of sp³-hybridized carbons (Fsp3) is 0.400. The highest BCUT2D eigenvalue weighted by atomic mass is 32.2. The molecule has 1 saturated heterocycles. The van der Waals surface area contributed by atoms with Gasteiger partial charge in [-0.1, -0.05) is 12.1 Å². The molecule has 2 aromatic rings. The number of hydrogen-bond acceptors (Lipinski definition) is 3. The van der Waals surface area contributed by atoms with E-state index in [1.54, 1.807) is 28.7 Å². The fourth-order valence-corrected chi connectivity index (χ4v) is 4.30. The highest BCUT2D eigenvalue weighted by Crippen LogP contribution is 2.27. The summed E-state index contributed by atoms with van der Waals surface area (Å²) >= 11 is 0. The third kappa shape index (κ3) is 2.73. The number of benzene rings is 1. The van der Waals surface area contributed by atoms with Crippen LogP contribution in [0, 0.1) is 13.8 Å². The zero-order chi connectivity index (χ0) is 15.0. The Kier molecular flexibility index (Phi) is 3.59. The second-order valence-corrected chi connectivity index (χ2v) is 7.56. The van der Waals surface area contributed by atoms with E-state index < -0.39 is 10.0 Å². The van der Waals surface area contributed by atoms with E-state index in [-0.39, 0.29) is 6.04 Å². The molecule has 1 unspecified atom stereocenters. The number of aryl methyl sites for hydroxylation is 2. The molecule has 1 aromatic heterocycles. The molecule has 1 aliphatic rings. The van der Waals surface area contributed by atoms with Gasteiger partial charge in [-0.15, -0.1) is 0 Å². The van der Waals surface area contributed by atoms with Crippen LogP contribution in [0.4, 0.5) is 0 Å². The van der Waals surface area contributed by atoms with Gasteiger partial charge < -0.3 is 0 Å². The van der Waals surface area contributed by atoms with Crippen LogP contribution in [0.1, 0.15) is 23.6 Å². The molecule has 3 rings (SSSR count). The summed E-state index contributed by atoms with van der Waals surface area (Å²) in [5, 5.41) is 4.30. The zero-order valence-corrected chi connectivity index (χ0v) is 13.0. The maximum Gasteiger partial charge on any atom is 0.243 e.